The van der Waals surface area contributed by atoms with Crippen LogP contribution in [0.4, 0.5) is 0 Å². The van der Waals surface area contributed by atoms with Crippen molar-refractivity contribution in [3.05, 3.63) is 36.5 Å². The molecule has 0 aromatic heterocycles. The van der Waals surface area contributed by atoms with Gasteiger partial charge in [0.15, 0.2) is 6.29 Å². The van der Waals surface area contributed by atoms with Crippen molar-refractivity contribution in [2.75, 3.05) is 13.2 Å². The van der Waals surface area contributed by atoms with E-state index in [1.54, 1.807) is 6.92 Å². The third-order valence-corrected chi connectivity index (χ3v) is 4.79. The lowest BCUT2D eigenvalue weighted by Crippen LogP contribution is -2.31. The molecule has 1 saturated heterocycles. The van der Waals surface area contributed by atoms with Gasteiger partial charge in [0.05, 0.1) is 19.1 Å². The van der Waals surface area contributed by atoms with Crippen LogP contribution in [-0.2, 0) is 14.3 Å². The van der Waals surface area contributed by atoms with Gasteiger partial charge in [-0.3, -0.25) is 4.79 Å². The van der Waals surface area contributed by atoms with Gasteiger partial charge in [-0.2, -0.15) is 0 Å². The minimum atomic E-state index is -0.742. The molecule has 2 atom stereocenters. The second kappa shape index (κ2) is 15.6. The number of carboxylic acid groups (broad SMARTS) is 1. The molecule has 1 N–H and O–H groups in total. The van der Waals surface area contributed by atoms with Crippen molar-refractivity contribution in [1.82, 2.24) is 0 Å². The zero-order chi connectivity index (χ0) is 19.7. The zero-order valence-corrected chi connectivity index (χ0v) is 17.1. The lowest BCUT2D eigenvalue weighted by molar-refractivity contribution is -0.198. The Bertz CT molecular complexity index is 461. The molecule has 0 saturated carbocycles. The number of aliphatic carboxylic acids is 1. The lowest BCUT2D eigenvalue weighted by atomic mass is 9.95. The molecule has 0 aromatic carbocycles. The summed E-state index contributed by atoms with van der Waals surface area (Å²) in [6.07, 6.45) is 22.1. The highest BCUT2D eigenvalue weighted by Gasteiger charge is 2.24. The van der Waals surface area contributed by atoms with E-state index in [0.29, 0.717) is 19.6 Å². The van der Waals surface area contributed by atoms with Crippen molar-refractivity contribution < 1.29 is 19.4 Å². The normalized spacial score (nSPS) is 18.6. The molecular weight excluding hydrogens is 340 g/mol. The first kappa shape index (κ1) is 23.6. The van der Waals surface area contributed by atoms with Crippen LogP contribution in [0.15, 0.2) is 36.5 Å². The van der Waals surface area contributed by atoms with Crippen molar-refractivity contribution in [2.24, 2.45) is 11.8 Å². The van der Waals surface area contributed by atoms with Gasteiger partial charge >= 0.3 is 5.97 Å². The summed E-state index contributed by atoms with van der Waals surface area (Å²) in [5.41, 5.74) is 0. The third-order valence-electron chi connectivity index (χ3n) is 4.79. The summed E-state index contributed by atoms with van der Waals surface area (Å²) in [6.45, 7) is 5.41. The number of ether oxygens (including phenoxy) is 2. The molecular formula is C23H38O4. The van der Waals surface area contributed by atoms with Crippen LogP contribution in [0.5, 0.6) is 0 Å². The van der Waals surface area contributed by atoms with Crippen molar-refractivity contribution in [2.45, 2.75) is 77.9 Å². The van der Waals surface area contributed by atoms with Gasteiger partial charge in [-0.25, -0.2) is 0 Å². The molecule has 27 heavy (non-hydrogen) atoms. The highest BCUT2D eigenvalue weighted by molar-refractivity contribution is 5.69. The largest absolute Gasteiger partial charge is 0.481 e. The number of hydrogen-bond acceptors (Lipinski definition) is 3. The van der Waals surface area contributed by atoms with E-state index < -0.39 is 5.97 Å². The molecule has 1 heterocycles. The predicted octanol–water partition coefficient (Wildman–Crippen LogP) is 5.90. The minimum Gasteiger partial charge on any atom is -0.481 e. The summed E-state index contributed by atoms with van der Waals surface area (Å²) in [7, 11) is 0. The van der Waals surface area contributed by atoms with Gasteiger partial charge in [0.2, 0.25) is 0 Å². The maximum atomic E-state index is 11.1. The summed E-state index contributed by atoms with van der Waals surface area (Å²) in [5, 5.41) is 9.09. The highest BCUT2D eigenvalue weighted by Crippen LogP contribution is 2.23. The van der Waals surface area contributed by atoms with E-state index in [2.05, 4.69) is 43.4 Å². The van der Waals surface area contributed by atoms with E-state index in [-0.39, 0.29) is 18.1 Å². The summed E-state index contributed by atoms with van der Waals surface area (Å²) in [6, 6.07) is 0. The summed E-state index contributed by atoms with van der Waals surface area (Å²) in [4.78, 5) is 11.1. The van der Waals surface area contributed by atoms with Crippen LogP contribution in [0.25, 0.3) is 0 Å². The fourth-order valence-corrected chi connectivity index (χ4v) is 2.97. The number of hydrogen-bond donors (Lipinski definition) is 1. The van der Waals surface area contributed by atoms with E-state index in [1.165, 1.54) is 25.7 Å². The van der Waals surface area contributed by atoms with Crippen molar-refractivity contribution in [3.8, 4) is 0 Å². The summed E-state index contributed by atoms with van der Waals surface area (Å²) >= 11 is 0. The van der Waals surface area contributed by atoms with E-state index in [4.69, 9.17) is 14.6 Å². The van der Waals surface area contributed by atoms with Gasteiger partial charge in [0, 0.05) is 5.92 Å². The van der Waals surface area contributed by atoms with Gasteiger partial charge in [0.1, 0.15) is 0 Å². The third kappa shape index (κ3) is 11.8. The molecule has 0 radical (unpaired) electrons. The molecule has 4 nitrogen and oxygen atoms in total. The topological polar surface area (TPSA) is 55.8 Å². The van der Waals surface area contributed by atoms with Crippen molar-refractivity contribution in [1.29, 1.82) is 0 Å². The maximum absolute atomic E-state index is 11.1. The smallest absolute Gasteiger partial charge is 0.306 e. The Balaban J connectivity index is 2.35. The SMILES string of the molecule is CCCCC/C=C\C/C=C\C/C=C\C(CCC(C)C(=O)O)C1OCCCO1. The monoisotopic (exact) mass is 378 g/mol. The Kier molecular flexibility index (Phi) is 13.7. The Morgan fingerprint density at radius 3 is 2.37 bits per heavy atom. The minimum absolute atomic E-state index is 0.110. The summed E-state index contributed by atoms with van der Waals surface area (Å²) < 4.78 is 11.5. The van der Waals surface area contributed by atoms with Crippen molar-refractivity contribution in [3.63, 3.8) is 0 Å². The second-order valence-electron chi connectivity index (χ2n) is 7.28. The molecule has 4 heteroatoms. The van der Waals surface area contributed by atoms with Gasteiger partial charge in [-0.05, 0) is 44.9 Å². The van der Waals surface area contributed by atoms with Crippen LogP contribution >= 0.6 is 0 Å². The average molecular weight is 379 g/mol. The molecule has 0 amide bonds. The van der Waals surface area contributed by atoms with E-state index in [9.17, 15) is 4.79 Å². The number of rotatable bonds is 14. The molecule has 0 bridgehead atoms. The molecule has 0 aliphatic carbocycles. The van der Waals surface area contributed by atoms with Gasteiger partial charge in [-0.15, -0.1) is 0 Å². The predicted molar refractivity (Wildman–Crippen MR) is 111 cm³/mol. The van der Waals surface area contributed by atoms with Crippen LogP contribution in [0, 0.1) is 11.8 Å². The van der Waals surface area contributed by atoms with Gasteiger partial charge in [0.25, 0.3) is 0 Å². The molecule has 0 aromatic rings. The Morgan fingerprint density at radius 2 is 1.70 bits per heavy atom. The number of carboxylic acids is 1. The molecule has 1 rings (SSSR count). The van der Waals surface area contributed by atoms with Gasteiger partial charge < -0.3 is 14.6 Å². The molecule has 0 spiro atoms. The number of unbranched alkanes of at least 4 members (excludes halogenated alkanes) is 3. The average Bonchev–Trinajstić information content (AvgIpc) is 2.68. The first-order valence-corrected chi connectivity index (χ1v) is 10.6. The lowest BCUT2D eigenvalue weighted by Gasteiger charge is -2.29. The molecule has 2 unspecified atom stereocenters. The van der Waals surface area contributed by atoms with Crippen LogP contribution in [0.1, 0.15) is 71.6 Å². The Morgan fingerprint density at radius 1 is 1.04 bits per heavy atom. The number of carbonyl (C=O) groups is 1. The van der Waals surface area contributed by atoms with Crippen molar-refractivity contribution >= 4 is 5.97 Å². The maximum Gasteiger partial charge on any atom is 0.306 e. The van der Waals surface area contributed by atoms with E-state index in [1.807, 2.05) is 0 Å². The van der Waals surface area contributed by atoms with E-state index in [0.717, 1.165) is 25.7 Å². The molecule has 1 aliphatic heterocycles. The highest BCUT2D eigenvalue weighted by atomic mass is 16.7. The van der Waals surface area contributed by atoms with Crippen LogP contribution < -0.4 is 0 Å². The fourth-order valence-electron chi connectivity index (χ4n) is 2.97. The fraction of sp³-hybridized carbons (Fsp3) is 0.696. The quantitative estimate of drug-likeness (QED) is 0.302. The second-order valence-corrected chi connectivity index (χ2v) is 7.28. The zero-order valence-electron chi connectivity index (χ0n) is 17.1. The van der Waals surface area contributed by atoms with E-state index >= 15 is 0 Å². The number of allylic oxidation sites excluding steroid dienone is 5. The standard InChI is InChI=1S/C23H38O4/c1-3-4-5-6-7-8-9-10-11-12-13-15-21(17-16-20(2)22(24)25)23-26-18-14-19-27-23/h7-8,10-11,13,15,20-21,23H,3-6,9,12,14,16-19H2,1-2H3,(H,24,25)/b8-7-,11-10-,15-13-. The Hall–Kier alpha value is -1.39. The summed E-state index contributed by atoms with van der Waals surface area (Å²) in [5.74, 6) is -0.971. The molecule has 1 fully saturated rings. The first-order valence-electron chi connectivity index (χ1n) is 10.6. The first-order chi connectivity index (χ1) is 13.1. The van der Waals surface area contributed by atoms with Crippen LogP contribution in [-0.4, -0.2) is 30.6 Å². The Labute approximate surface area is 165 Å². The molecule has 154 valence electrons. The molecule has 1 aliphatic rings. The van der Waals surface area contributed by atoms with Gasteiger partial charge in [-0.1, -0.05) is 63.1 Å². The van der Waals surface area contributed by atoms with Crippen LogP contribution in [0.2, 0.25) is 0 Å². The van der Waals surface area contributed by atoms with Crippen LogP contribution in [0.3, 0.4) is 0 Å².